The van der Waals surface area contributed by atoms with Crippen LogP contribution in [0.25, 0.3) is 16.7 Å². The molecule has 0 amide bonds. The summed E-state index contributed by atoms with van der Waals surface area (Å²) in [5.41, 5.74) is 5.22. The molecular weight excluding hydrogens is 228 g/mol. The molecule has 0 saturated carbocycles. The highest BCUT2D eigenvalue weighted by Crippen LogP contribution is 2.26. The Morgan fingerprint density at radius 2 is 1.42 bits per heavy atom. The van der Waals surface area contributed by atoms with Crippen molar-refractivity contribution in [2.45, 2.75) is 20.3 Å². The second kappa shape index (κ2) is 6.19. The van der Waals surface area contributed by atoms with Crippen molar-refractivity contribution in [3.63, 3.8) is 0 Å². The molecule has 0 N–H and O–H groups in total. The van der Waals surface area contributed by atoms with Crippen LogP contribution >= 0.6 is 0 Å². The van der Waals surface area contributed by atoms with Crippen molar-refractivity contribution in [2.24, 2.45) is 0 Å². The molecule has 0 saturated heterocycles. The number of benzene rings is 2. The maximum Gasteiger partial charge on any atom is -0.0178 e. The maximum absolute atomic E-state index is 2.32. The fourth-order valence-corrected chi connectivity index (χ4v) is 2.34. The quantitative estimate of drug-likeness (QED) is 0.637. The van der Waals surface area contributed by atoms with Crippen LogP contribution in [-0.2, 0) is 0 Å². The molecule has 0 atom stereocenters. The second-order valence-corrected chi connectivity index (χ2v) is 4.59. The van der Waals surface area contributed by atoms with Crippen molar-refractivity contribution in [2.75, 3.05) is 0 Å². The van der Waals surface area contributed by atoms with E-state index in [0.717, 1.165) is 6.42 Å². The summed E-state index contributed by atoms with van der Waals surface area (Å²) in [6.07, 6.45) is 9.13. The first-order valence-electron chi connectivity index (χ1n) is 6.46. The Kier molecular flexibility index (Phi) is 4.35. The zero-order valence-corrected chi connectivity index (χ0v) is 10.3. The summed E-state index contributed by atoms with van der Waals surface area (Å²) in [6, 6.07) is 19.3. The SMILES string of the molecule is C.C1=CC(c2cccc(-c3ccccc3)c2)=CCC1. The van der Waals surface area contributed by atoms with Crippen LogP contribution in [0, 0.1) is 0 Å². The van der Waals surface area contributed by atoms with Crippen LogP contribution in [0.1, 0.15) is 25.8 Å². The molecule has 0 heterocycles. The van der Waals surface area contributed by atoms with Gasteiger partial charge in [-0.1, -0.05) is 74.2 Å². The van der Waals surface area contributed by atoms with E-state index in [-0.39, 0.29) is 7.43 Å². The van der Waals surface area contributed by atoms with E-state index in [9.17, 15) is 0 Å². The summed E-state index contributed by atoms with van der Waals surface area (Å²) in [5.74, 6) is 0. The summed E-state index contributed by atoms with van der Waals surface area (Å²) < 4.78 is 0. The Labute approximate surface area is 116 Å². The van der Waals surface area contributed by atoms with Crippen molar-refractivity contribution in [3.05, 3.63) is 78.4 Å². The predicted molar refractivity (Wildman–Crippen MR) is 85.0 cm³/mol. The van der Waals surface area contributed by atoms with Crippen LogP contribution in [0.2, 0.25) is 0 Å². The molecule has 1 aliphatic rings. The minimum absolute atomic E-state index is 0. The number of rotatable bonds is 2. The lowest BCUT2D eigenvalue weighted by Crippen LogP contribution is -1.87. The molecule has 0 unspecified atom stereocenters. The summed E-state index contributed by atoms with van der Waals surface area (Å²) >= 11 is 0. The van der Waals surface area contributed by atoms with Gasteiger partial charge in [0.1, 0.15) is 0 Å². The lowest BCUT2D eigenvalue weighted by Gasteiger charge is -2.09. The van der Waals surface area contributed by atoms with Gasteiger partial charge >= 0.3 is 0 Å². The lowest BCUT2D eigenvalue weighted by atomic mass is 9.96. The van der Waals surface area contributed by atoms with E-state index in [2.05, 4.69) is 72.8 Å². The third kappa shape index (κ3) is 3.03. The van der Waals surface area contributed by atoms with Gasteiger partial charge in [0, 0.05) is 0 Å². The second-order valence-electron chi connectivity index (χ2n) is 4.59. The summed E-state index contributed by atoms with van der Waals surface area (Å²) in [6.45, 7) is 0. The fraction of sp³-hybridized carbons (Fsp3) is 0.158. The summed E-state index contributed by atoms with van der Waals surface area (Å²) in [7, 11) is 0. The fourth-order valence-electron chi connectivity index (χ4n) is 2.34. The highest BCUT2D eigenvalue weighted by molar-refractivity contribution is 5.78. The topological polar surface area (TPSA) is 0 Å². The minimum atomic E-state index is 0. The molecule has 0 aromatic heterocycles. The van der Waals surface area contributed by atoms with Crippen LogP contribution in [0.15, 0.2) is 72.8 Å². The van der Waals surface area contributed by atoms with Gasteiger partial charge < -0.3 is 0 Å². The van der Waals surface area contributed by atoms with Gasteiger partial charge in [0.2, 0.25) is 0 Å². The molecular formula is C19H20. The Balaban J connectivity index is 0.00000133. The number of hydrogen-bond acceptors (Lipinski definition) is 0. The standard InChI is InChI=1S/C18H16.CH4/c1-3-8-15(9-4-1)17-12-7-13-18(14-17)16-10-5-2-6-11-16;/h1,3-5,7-14H,2,6H2;1H4. The molecule has 0 fully saturated rings. The first-order valence-corrected chi connectivity index (χ1v) is 6.46. The smallest absolute Gasteiger partial charge is 0.0178 e. The average Bonchev–Trinajstić information content (AvgIpc) is 2.49. The van der Waals surface area contributed by atoms with Gasteiger partial charge in [0.15, 0.2) is 0 Å². The van der Waals surface area contributed by atoms with Gasteiger partial charge in [-0.15, -0.1) is 0 Å². The molecule has 3 rings (SSSR count). The Hall–Kier alpha value is -2.08. The Morgan fingerprint density at radius 3 is 2.16 bits per heavy atom. The van der Waals surface area contributed by atoms with Gasteiger partial charge in [0.05, 0.1) is 0 Å². The Morgan fingerprint density at radius 1 is 0.684 bits per heavy atom. The maximum atomic E-state index is 2.32. The molecule has 0 spiro atoms. The number of allylic oxidation sites excluding steroid dienone is 4. The molecule has 2 aromatic carbocycles. The molecule has 0 heteroatoms. The summed E-state index contributed by atoms with van der Waals surface area (Å²) in [4.78, 5) is 0. The highest BCUT2D eigenvalue weighted by Gasteiger charge is 2.03. The molecule has 2 aromatic rings. The minimum Gasteiger partial charge on any atom is -0.0836 e. The van der Waals surface area contributed by atoms with Crippen LogP contribution < -0.4 is 0 Å². The third-order valence-corrected chi connectivity index (χ3v) is 3.30. The first kappa shape index (κ1) is 13.4. The van der Waals surface area contributed by atoms with Crippen molar-refractivity contribution in [3.8, 4) is 11.1 Å². The zero-order valence-electron chi connectivity index (χ0n) is 10.3. The van der Waals surface area contributed by atoms with Gasteiger partial charge in [-0.25, -0.2) is 0 Å². The van der Waals surface area contributed by atoms with Crippen LogP contribution in [-0.4, -0.2) is 0 Å². The van der Waals surface area contributed by atoms with Gasteiger partial charge in [0.25, 0.3) is 0 Å². The van der Waals surface area contributed by atoms with Crippen LogP contribution in [0.5, 0.6) is 0 Å². The molecule has 0 aliphatic heterocycles. The zero-order chi connectivity index (χ0) is 12.2. The molecule has 0 bridgehead atoms. The van der Waals surface area contributed by atoms with E-state index in [1.165, 1.54) is 28.7 Å². The van der Waals surface area contributed by atoms with E-state index in [1.807, 2.05) is 0 Å². The van der Waals surface area contributed by atoms with Crippen molar-refractivity contribution < 1.29 is 0 Å². The largest absolute Gasteiger partial charge is 0.0836 e. The molecule has 19 heavy (non-hydrogen) atoms. The molecule has 1 aliphatic carbocycles. The van der Waals surface area contributed by atoms with Crippen molar-refractivity contribution in [1.29, 1.82) is 0 Å². The number of hydrogen-bond donors (Lipinski definition) is 0. The third-order valence-electron chi connectivity index (χ3n) is 3.30. The lowest BCUT2D eigenvalue weighted by molar-refractivity contribution is 1.04. The van der Waals surface area contributed by atoms with Crippen LogP contribution in [0.3, 0.4) is 0 Å². The van der Waals surface area contributed by atoms with Gasteiger partial charge in [-0.05, 0) is 41.2 Å². The van der Waals surface area contributed by atoms with Gasteiger partial charge in [-0.2, -0.15) is 0 Å². The predicted octanol–water partition coefficient (Wildman–Crippen LogP) is 5.72. The molecule has 0 radical (unpaired) electrons. The first-order chi connectivity index (χ1) is 8.93. The Bertz CT molecular complexity index is 588. The highest BCUT2D eigenvalue weighted by atomic mass is 14.1. The normalized spacial score (nSPS) is 13.6. The van der Waals surface area contributed by atoms with E-state index >= 15 is 0 Å². The van der Waals surface area contributed by atoms with Gasteiger partial charge in [-0.3, -0.25) is 0 Å². The molecule has 0 nitrogen and oxygen atoms in total. The van der Waals surface area contributed by atoms with Crippen molar-refractivity contribution >= 4 is 5.57 Å². The average molecular weight is 248 g/mol. The van der Waals surface area contributed by atoms with E-state index in [0.29, 0.717) is 0 Å². The van der Waals surface area contributed by atoms with E-state index in [1.54, 1.807) is 0 Å². The monoisotopic (exact) mass is 248 g/mol. The summed E-state index contributed by atoms with van der Waals surface area (Å²) in [5, 5.41) is 0. The molecule has 96 valence electrons. The van der Waals surface area contributed by atoms with Crippen LogP contribution in [0.4, 0.5) is 0 Å². The van der Waals surface area contributed by atoms with E-state index in [4.69, 9.17) is 0 Å². The van der Waals surface area contributed by atoms with E-state index < -0.39 is 0 Å². The van der Waals surface area contributed by atoms with Crippen molar-refractivity contribution in [1.82, 2.24) is 0 Å².